The van der Waals surface area contributed by atoms with Crippen LogP contribution in [-0.4, -0.2) is 36.6 Å². The van der Waals surface area contributed by atoms with E-state index in [0.717, 1.165) is 4.90 Å². The van der Waals surface area contributed by atoms with Crippen LogP contribution < -0.4 is 0 Å². The van der Waals surface area contributed by atoms with E-state index in [0.29, 0.717) is 0 Å². The Hall–Kier alpha value is -0.390. The predicted molar refractivity (Wildman–Crippen MR) is 36.7 cm³/mol. The summed E-state index contributed by atoms with van der Waals surface area (Å²) in [6.45, 7) is -1.43. The summed E-state index contributed by atoms with van der Waals surface area (Å²) in [4.78, 5) is 1.01. The lowest BCUT2D eigenvalue weighted by Gasteiger charge is -2.31. The monoisotopic (exact) mass is 203 g/mol. The summed E-state index contributed by atoms with van der Waals surface area (Å²) < 4.78 is 60.4. The van der Waals surface area contributed by atoms with Crippen molar-refractivity contribution < 1.29 is 22.0 Å². The molecule has 0 aliphatic carbocycles. The maximum atomic E-state index is 12.5. The molecule has 1 nitrogen and oxygen atoms in total. The molecule has 0 unspecified atom stereocenters. The fourth-order valence-electron chi connectivity index (χ4n) is 1.29. The van der Waals surface area contributed by atoms with Crippen LogP contribution in [0.4, 0.5) is 22.0 Å². The second kappa shape index (κ2) is 3.40. The van der Waals surface area contributed by atoms with E-state index in [-0.39, 0.29) is 13.1 Å². The molecule has 1 aliphatic heterocycles. The second-order valence-corrected chi connectivity index (χ2v) is 3.25. The molecule has 0 aromatic heterocycles. The lowest BCUT2D eigenvalue weighted by molar-refractivity contribution is -0.157. The highest BCUT2D eigenvalue weighted by Gasteiger charge is 2.38. The molecule has 1 rings (SSSR count). The maximum Gasteiger partial charge on any atom is 0.401 e. The lowest BCUT2D eigenvalue weighted by Crippen LogP contribution is -2.43. The van der Waals surface area contributed by atoms with E-state index >= 15 is 0 Å². The van der Waals surface area contributed by atoms with Crippen molar-refractivity contribution in [3.05, 3.63) is 0 Å². The van der Waals surface area contributed by atoms with Gasteiger partial charge in [0.05, 0.1) is 6.54 Å². The van der Waals surface area contributed by atoms with Crippen LogP contribution >= 0.6 is 0 Å². The van der Waals surface area contributed by atoms with Gasteiger partial charge in [-0.25, -0.2) is 8.78 Å². The van der Waals surface area contributed by atoms with Crippen LogP contribution in [0, 0.1) is 0 Å². The SMILES string of the molecule is FC(F)(F)CN1CCC(F)(F)CC1. The third-order valence-electron chi connectivity index (χ3n) is 1.99. The fraction of sp³-hybridized carbons (Fsp3) is 1.00. The smallest absolute Gasteiger partial charge is 0.295 e. The number of hydrogen-bond donors (Lipinski definition) is 0. The van der Waals surface area contributed by atoms with E-state index in [2.05, 4.69) is 0 Å². The molecule has 0 atom stereocenters. The Morgan fingerprint density at radius 3 is 1.92 bits per heavy atom. The Kier molecular flexibility index (Phi) is 2.79. The van der Waals surface area contributed by atoms with Crippen LogP contribution in [-0.2, 0) is 0 Å². The van der Waals surface area contributed by atoms with Gasteiger partial charge < -0.3 is 0 Å². The number of piperidine rings is 1. The highest BCUT2D eigenvalue weighted by atomic mass is 19.4. The normalized spacial score (nSPS) is 24.7. The molecule has 13 heavy (non-hydrogen) atoms. The van der Waals surface area contributed by atoms with Gasteiger partial charge in [-0.1, -0.05) is 0 Å². The summed E-state index contributed by atoms with van der Waals surface area (Å²) in [5, 5.41) is 0. The van der Waals surface area contributed by atoms with Crippen molar-refractivity contribution in [2.75, 3.05) is 19.6 Å². The van der Waals surface area contributed by atoms with Gasteiger partial charge in [0.2, 0.25) is 0 Å². The summed E-state index contributed by atoms with van der Waals surface area (Å²) >= 11 is 0. The van der Waals surface area contributed by atoms with Gasteiger partial charge in [0.1, 0.15) is 0 Å². The van der Waals surface area contributed by atoms with Crippen LogP contribution in [0.3, 0.4) is 0 Å². The van der Waals surface area contributed by atoms with Crippen molar-refractivity contribution in [2.45, 2.75) is 24.9 Å². The van der Waals surface area contributed by atoms with Gasteiger partial charge in [-0.2, -0.15) is 13.2 Å². The number of rotatable bonds is 1. The van der Waals surface area contributed by atoms with Crippen molar-refractivity contribution in [3.8, 4) is 0 Å². The molecule has 0 amide bonds. The topological polar surface area (TPSA) is 3.24 Å². The zero-order valence-corrected chi connectivity index (χ0v) is 6.87. The molecular formula is C7H10F5N. The molecule has 0 spiro atoms. The predicted octanol–water partition coefficient (Wildman–Crippen LogP) is 2.28. The maximum absolute atomic E-state index is 12.5. The molecule has 0 aromatic rings. The zero-order chi connectivity index (χ0) is 10.1. The van der Waals surface area contributed by atoms with Gasteiger partial charge >= 0.3 is 6.18 Å². The number of hydrogen-bond acceptors (Lipinski definition) is 1. The summed E-state index contributed by atoms with van der Waals surface area (Å²) in [6.07, 6.45) is -5.22. The average molecular weight is 203 g/mol. The van der Waals surface area contributed by atoms with E-state index in [1.54, 1.807) is 0 Å². The molecule has 0 N–H and O–H groups in total. The molecule has 0 saturated carbocycles. The van der Waals surface area contributed by atoms with Crippen molar-refractivity contribution in [1.82, 2.24) is 4.90 Å². The van der Waals surface area contributed by atoms with E-state index in [1.807, 2.05) is 0 Å². The lowest BCUT2D eigenvalue weighted by atomic mass is 10.1. The van der Waals surface area contributed by atoms with E-state index in [1.165, 1.54) is 0 Å². The van der Waals surface area contributed by atoms with E-state index < -0.39 is 31.5 Å². The first-order valence-corrected chi connectivity index (χ1v) is 3.95. The van der Waals surface area contributed by atoms with Crippen LogP contribution in [0.25, 0.3) is 0 Å². The molecule has 1 aliphatic rings. The van der Waals surface area contributed by atoms with Gasteiger partial charge in [0.25, 0.3) is 5.92 Å². The van der Waals surface area contributed by atoms with Crippen molar-refractivity contribution in [3.63, 3.8) is 0 Å². The van der Waals surface area contributed by atoms with E-state index in [9.17, 15) is 22.0 Å². The van der Waals surface area contributed by atoms with Crippen LogP contribution in [0.15, 0.2) is 0 Å². The average Bonchev–Trinajstić information content (AvgIpc) is 1.91. The van der Waals surface area contributed by atoms with Crippen LogP contribution in [0.2, 0.25) is 0 Å². The summed E-state index contributed by atoms with van der Waals surface area (Å²) in [5.41, 5.74) is 0. The first-order chi connectivity index (χ1) is 5.79. The molecule has 0 bridgehead atoms. The fourth-order valence-corrected chi connectivity index (χ4v) is 1.29. The number of likely N-dealkylation sites (tertiary alicyclic amines) is 1. The van der Waals surface area contributed by atoms with Gasteiger partial charge in [0, 0.05) is 25.9 Å². The Bertz CT molecular complexity index is 166. The highest BCUT2D eigenvalue weighted by molar-refractivity contribution is 4.78. The summed E-state index contributed by atoms with van der Waals surface area (Å²) in [5.74, 6) is -2.78. The largest absolute Gasteiger partial charge is 0.401 e. The summed E-state index contributed by atoms with van der Waals surface area (Å²) in [6, 6.07) is 0. The third kappa shape index (κ3) is 3.89. The summed E-state index contributed by atoms with van der Waals surface area (Å²) in [7, 11) is 0. The van der Waals surface area contributed by atoms with Gasteiger partial charge in [-0.15, -0.1) is 0 Å². The minimum absolute atomic E-state index is 0.174. The van der Waals surface area contributed by atoms with Gasteiger partial charge in [0.15, 0.2) is 0 Å². The minimum atomic E-state index is -4.29. The molecule has 78 valence electrons. The standard InChI is InChI=1S/C7H10F5N/c8-6(9)1-3-13(4-2-6)5-7(10,11)12/h1-5H2. The molecule has 1 fully saturated rings. The van der Waals surface area contributed by atoms with Gasteiger partial charge in [-0.05, 0) is 0 Å². The van der Waals surface area contributed by atoms with Crippen molar-refractivity contribution >= 4 is 0 Å². The Balaban J connectivity index is 2.34. The first-order valence-electron chi connectivity index (χ1n) is 3.95. The number of alkyl halides is 5. The first kappa shape index (κ1) is 10.7. The molecule has 0 aromatic carbocycles. The Labute approximate surface area is 72.5 Å². The number of halogens is 5. The quantitative estimate of drug-likeness (QED) is 0.591. The molecule has 0 radical (unpaired) electrons. The second-order valence-electron chi connectivity index (χ2n) is 3.25. The van der Waals surface area contributed by atoms with Crippen molar-refractivity contribution in [1.29, 1.82) is 0 Å². The van der Waals surface area contributed by atoms with Crippen LogP contribution in [0.1, 0.15) is 12.8 Å². The van der Waals surface area contributed by atoms with Crippen LogP contribution in [0.5, 0.6) is 0 Å². The van der Waals surface area contributed by atoms with Gasteiger partial charge in [-0.3, -0.25) is 4.90 Å². The highest BCUT2D eigenvalue weighted by Crippen LogP contribution is 2.29. The molecule has 1 heterocycles. The third-order valence-corrected chi connectivity index (χ3v) is 1.99. The molecule has 1 saturated heterocycles. The zero-order valence-electron chi connectivity index (χ0n) is 6.87. The van der Waals surface area contributed by atoms with Crippen molar-refractivity contribution in [2.24, 2.45) is 0 Å². The minimum Gasteiger partial charge on any atom is -0.295 e. The number of nitrogens with zero attached hydrogens (tertiary/aromatic N) is 1. The Morgan fingerprint density at radius 1 is 1.08 bits per heavy atom. The Morgan fingerprint density at radius 2 is 1.54 bits per heavy atom. The van der Waals surface area contributed by atoms with E-state index in [4.69, 9.17) is 0 Å². The molecular weight excluding hydrogens is 193 g/mol. The molecule has 6 heteroatoms.